The van der Waals surface area contributed by atoms with Gasteiger partial charge in [0.15, 0.2) is 0 Å². The number of esters is 1. The number of para-hydroxylation sites is 1. The minimum Gasteiger partial charge on any atom is -0.508 e. The van der Waals surface area contributed by atoms with Gasteiger partial charge >= 0.3 is 5.97 Å². The number of carbonyl (C=O) groups excluding carboxylic acids is 1. The maximum absolute atomic E-state index is 11.8. The van der Waals surface area contributed by atoms with Crippen molar-refractivity contribution in [1.29, 1.82) is 0 Å². The molecule has 0 amide bonds. The minimum atomic E-state index is -0.422. The van der Waals surface area contributed by atoms with Gasteiger partial charge in [-0.2, -0.15) is 0 Å². The summed E-state index contributed by atoms with van der Waals surface area (Å²) in [5.74, 6) is 0.220. The molecule has 0 fully saturated rings. The van der Waals surface area contributed by atoms with E-state index in [2.05, 4.69) is 0 Å². The maximum Gasteiger partial charge on any atom is 0.343 e. The van der Waals surface area contributed by atoms with Crippen molar-refractivity contribution in [2.75, 3.05) is 0 Å². The predicted molar refractivity (Wildman–Crippen MR) is 64.2 cm³/mol. The normalized spacial score (nSPS) is 9.94. The van der Waals surface area contributed by atoms with Gasteiger partial charge in [-0.25, -0.2) is 4.79 Å². The molecule has 0 aliphatic carbocycles. The van der Waals surface area contributed by atoms with E-state index in [1.165, 1.54) is 12.1 Å². The average molecular weight is 228 g/mol. The highest BCUT2D eigenvalue weighted by molar-refractivity contribution is 5.92. The number of aryl methyl sites for hydroxylation is 1. The number of phenols is 1. The van der Waals surface area contributed by atoms with Crippen molar-refractivity contribution >= 4 is 5.97 Å². The Kier molecular flexibility index (Phi) is 3.10. The summed E-state index contributed by atoms with van der Waals surface area (Å²) in [6.45, 7) is 1.75. The summed E-state index contributed by atoms with van der Waals surface area (Å²) in [5, 5.41) is 9.26. The van der Waals surface area contributed by atoms with E-state index in [4.69, 9.17) is 4.74 Å². The SMILES string of the molecule is Cc1cc(O)ccc1C(=O)Oc1ccccc1. The first-order chi connectivity index (χ1) is 8.16. The summed E-state index contributed by atoms with van der Waals surface area (Å²) in [7, 11) is 0. The first-order valence-electron chi connectivity index (χ1n) is 5.23. The first-order valence-corrected chi connectivity index (χ1v) is 5.23. The van der Waals surface area contributed by atoms with Gasteiger partial charge in [-0.05, 0) is 42.8 Å². The highest BCUT2D eigenvalue weighted by Gasteiger charge is 2.11. The third-order valence-electron chi connectivity index (χ3n) is 2.38. The molecule has 0 bridgehead atoms. The third kappa shape index (κ3) is 2.64. The summed E-state index contributed by atoms with van der Waals surface area (Å²) < 4.78 is 5.20. The topological polar surface area (TPSA) is 46.5 Å². The van der Waals surface area contributed by atoms with Crippen molar-refractivity contribution in [1.82, 2.24) is 0 Å². The zero-order valence-corrected chi connectivity index (χ0v) is 9.38. The largest absolute Gasteiger partial charge is 0.508 e. The molecule has 0 radical (unpaired) electrons. The molecule has 3 nitrogen and oxygen atoms in total. The summed E-state index contributed by atoms with van der Waals surface area (Å²) in [6, 6.07) is 13.4. The van der Waals surface area contributed by atoms with Crippen molar-refractivity contribution in [3.05, 3.63) is 59.7 Å². The molecule has 3 heteroatoms. The van der Waals surface area contributed by atoms with Gasteiger partial charge in [0.2, 0.25) is 0 Å². The summed E-state index contributed by atoms with van der Waals surface area (Å²) in [6.07, 6.45) is 0. The number of benzene rings is 2. The lowest BCUT2D eigenvalue weighted by Gasteiger charge is -2.06. The molecule has 0 saturated heterocycles. The van der Waals surface area contributed by atoms with Crippen LogP contribution >= 0.6 is 0 Å². The van der Waals surface area contributed by atoms with Crippen LogP contribution in [0.15, 0.2) is 48.5 Å². The first kappa shape index (κ1) is 11.2. The van der Waals surface area contributed by atoms with E-state index >= 15 is 0 Å². The fourth-order valence-electron chi connectivity index (χ4n) is 1.53. The number of hydrogen-bond acceptors (Lipinski definition) is 3. The second-order valence-corrected chi connectivity index (χ2v) is 3.70. The Hall–Kier alpha value is -2.29. The molecule has 0 saturated carbocycles. The molecule has 2 rings (SSSR count). The van der Waals surface area contributed by atoms with Crippen LogP contribution in [-0.2, 0) is 0 Å². The quantitative estimate of drug-likeness (QED) is 0.635. The molecule has 0 atom stereocenters. The van der Waals surface area contributed by atoms with Crippen LogP contribution in [-0.4, -0.2) is 11.1 Å². The Morgan fingerprint density at radius 2 is 1.82 bits per heavy atom. The van der Waals surface area contributed by atoms with Crippen molar-refractivity contribution in [3.63, 3.8) is 0 Å². The molecule has 2 aromatic rings. The zero-order valence-electron chi connectivity index (χ0n) is 9.38. The molecule has 0 heterocycles. The van der Waals surface area contributed by atoms with Crippen molar-refractivity contribution in [2.45, 2.75) is 6.92 Å². The molecule has 0 unspecified atom stereocenters. The van der Waals surface area contributed by atoms with Crippen LogP contribution in [0.2, 0.25) is 0 Å². The van der Waals surface area contributed by atoms with Gasteiger partial charge in [-0.1, -0.05) is 18.2 Å². The number of aromatic hydroxyl groups is 1. The Balaban J connectivity index is 2.21. The highest BCUT2D eigenvalue weighted by Crippen LogP contribution is 2.18. The van der Waals surface area contributed by atoms with Crippen LogP contribution in [0.25, 0.3) is 0 Å². The van der Waals surface area contributed by atoms with Gasteiger partial charge < -0.3 is 9.84 Å². The van der Waals surface area contributed by atoms with E-state index in [0.29, 0.717) is 16.9 Å². The monoisotopic (exact) mass is 228 g/mol. The summed E-state index contributed by atoms with van der Waals surface area (Å²) in [5.41, 5.74) is 1.14. The number of carbonyl (C=O) groups is 1. The van der Waals surface area contributed by atoms with Gasteiger partial charge in [-0.15, -0.1) is 0 Å². The van der Waals surface area contributed by atoms with E-state index in [9.17, 15) is 9.90 Å². The van der Waals surface area contributed by atoms with Gasteiger partial charge in [0, 0.05) is 0 Å². The number of ether oxygens (including phenoxy) is 1. The fourth-order valence-corrected chi connectivity index (χ4v) is 1.53. The molecular weight excluding hydrogens is 216 g/mol. The van der Waals surface area contributed by atoms with Gasteiger partial charge in [0.05, 0.1) is 5.56 Å². The smallest absolute Gasteiger partial charge is 0.343 e. The lowest BCUT2D eigenvalue weighted by molar-refractivity contribution is 0.0734. The Morgan fingerprint density at radius 1 is 1.12 bits per heavy atom. The average Bonchev–Trinajstić information content (AvgIpc) is 2.30. The van der Waals surface area contributed by atoms with Crippen molar-refractivity contribution in [2.24, 2.45) is 0 Å². The number of phenolic OH excluding ortho intramolecular Hbond substituents is 1. The van der Waals surface area contributed by atoms with Crippen LogP contribution in [0, 0.1) is 6.92 Å². The molecule has 0 aliphatic rings. The summed E-state index contributed by atoms with van der Waals surface area (Å²) in [4.78, 5) is 11.8. The molecule has 0 spiro atoms. The van der Waals surface area contributed by atoms with Gasteiger partial charge in [0.1, 0.15) is 11.5 Å². The van der Waals surface area contributed by atoms with Gasteiger partial charge in [-0.3, -0.25) is 0 Å². The lowest BCUT2D eigenvalue weighted by Crippen LogP contribution is -2.09. The van der Waals surface area contributed by atoms with E-state index in [0.717, 1.165) is 0 Å². The molecular formula is C14H12O3. The van der Waals surface area contributed by atoms with E-state index < -0.39 is 5.97 Å². The third-order valence-corrected chi connectivity index (χ3v) is 2.38. The number of hydrogen-bond donors (Lipinski definition) is 1. The maximum atomic E-state index is 11.8. The van der Waals surface area contributed by atoms with Gasteiger partial charge in [0.25, 0.3) is 0 Å². The molecule has 2 aromatic carbocycles. The predicted octanol–water partition coefficient (Wildman–Crippen LogP) is 2.92. The second-order valence-electron chi connectivity index (χ2n) is 3.70. The van der Waals surface area contributed by atoms with Crippen molar-refractivity contribution < 1.29 is 14.6 Å². The van der Waals surface area contributed by atoms with Crippen LogP contribution in [0.4, 0.5) is 0 Å². The van der Waals surface area contributed by atoms with Crippen molar-refractivity contribution in [3.8, 4) is 11.5 Å². The summed E-state index contributed by atoms with van der Waals surface area (Å²) >= 11 is 0. The minimum absolute atomic E-state index is 0.138. The molecule has 86 valence electrons. The van der Waals surface area contributed by atoms with Crippen LogP contribution in [0.1, 0.15) is 15.9 Å². The highest BCUT2D eigenvalue weighted by atomic mass is 16.5. The standard InChI is InChI=1S/C14H12O3/c1-10-9-11(15)7-8-13(10)14(16)17-12-5-3-2-4-6-12/h2-9,15H,1H3. The van der Waals surface area contributed by atoms with Crippen LogP contribution < -0.4 is 4.74 Å². The Labute approximate surface area is 99.3 Å². The molecule has 1 N–H and O–H groups in total. The Morgan fingerprint density at radius 3 is 2.47 bits per heavy atom. The van der Waals surface area contributed by atoms with E-state index in [-0.39, 0.29) is 5.75 Å². The Bertz CT molecular complexity index is 532. The molecule has 17 heavy (non-hydrogen) atoms. The zero-order chi connectivity index (χ0) is 12.3. The molecule has 0 aromatic heterocycles. The molecule has 0 aliphatic heterocycles. The second kappa shape index (κ2) is 4.70. The number of rotatable bonds is 2. The van der Waals surface area contributed by atoms with Crippen LogP contribution in [0.3, 0.4) is 0 Å². The fraction of sp³-hybridized carbons (Fsp3) is 0.0714. The van der Waals surface area contributed by atoms with E-state index in [1.54, 1.807) is 37.3 Å². The van der Waals surface area contributed by atoms with E-state index in [1.807, 2.05) is 6.07 Å². The lowest BCUT2D eigenvalue weighted by atomic mass is 10.1. The van der Waals surface area contributed by atoms with Crippen LogP contribution in [0.5, 0.6) is 11.5 Å².